The minimum absolute atomic E-state index is 0.0735. The number of carbonyl (C=O) groups excluding carboxylic acids is 1. The first kappa shape index (κ1) is 14.3. The summed E-state index contributed by atoms with van der Waals surface area (Å²) in [6.45, 7) is 4.19. The minimum Gasteiger partial charge on any atom is -0.476 e. The Kier molecular flexibility index (Phi) is 5.42. The zero-order valence-electron chi connectivity index (χ0n) is 10.7. The van der Waals surface area contributed by atoms with Gasteiger partial charge >= 0.3 is 0 Å². The number of unbranched alkanes of at least 4 members (excludes halogenated alkanes) is 1. The number of hydrogen-bond donors (Lipinski definition) is 2. The van der Waals surface area contributed by atoms with Crippen LogP contribution in [0.3, 0.4) is 0 Å². The zero-order chi connectivity index (χ0) is 13.5. The van der Waals surface area contributed by atoms with Gasteiger partial charge in [0.05, 0.1) is 5.69 Å². The molecule has 0 saturated carbocycles. The lowest BCUT2D eigenvalue weighted by atomic mass is 10.2. The SMILES string of the molecule is CCCCNC(=O)C(C)Oc1c(N)cccc1F. The fourth-order valence-electron chi connectivity index (χ4n) is 1.41. The lowest BCUT2D eigenvalue weighted by Crippen LogP contribution is -2.37. The van der Waals surface area contributed by atoms with Crippen LogP contribution in [0.1, 0.15) is 26.7 Å². The van der Waals surface area contributed by atoms with Crippen LogP contribution in [0.25, 0.3) is 0 Å². The van der Waals surface area contributed by atoms with Crippen LogP contribution in [0.15, 0.2) is 18.2 Å². The quantitative estimate of drug-likeness (QED) is 0.603. The number of halogens is 1. The smallest absolute Gasteiger partial charge is 0.260 e. The summed E-state index contributed by atoms with van der Waals surface area (Å²) >= 11 is 0. The molecule has 100 valence electrons. The maximum Gasteiger partial charge on any atom is 0.260 e. The Morgan fingerprint density at radius 2 is 2.28 bits per heavy atom. The van der Waals surface area contributed by atoms with Crippen molar-refractivity contribution in [2.24, 2.45) is 0 Å². The van der Waals surface area contributed by atoms with Gasteiger partial charge in [0.25, 0.3) is 5.91 Å². The lowest BCUT2D eigenvalue weighted by Gasteiger charge is -2.16. The van der Waals surface area contributed by atoms with Crippen LogP contribution in [0.4, 0.5) is 10.1 Å². The first-order chi connectivity index (χ1) is 8.56. The molecule has 3 N–H and O–H groups in total. The van der Waals surface area contributed by atoms with Crippen LogP contribution in [0.2, 0.25) is 0 Å². The molecule has 4 nitrogen and oxygen atoms in total. The number of nitrogens with one attached hydrogen (secondary N) is 1. The highest BCUT2D eigenvalue weighted by atomic mass is 19.1. The van der Waals surface area contributed by atoms with E-state index in [2.05, 4.69) is 5.32 Å². The van der Waals surface area contributed by atoms with Gasteiger partial charge in [-0.15, -0.1) is 0 Å². The Morgan fingerprint density at radius 3 is 2.89 bits per heavy atom. The Bertz CT molecular complexity index is 390. The van der Waals surface area contributed by atoms with Crippen LogP contribution >= 0.6 is 0 Å². The summed E-state index contributed by atoms with van der Waals surface area (Å²) in [5.41, 5.74) is 5.78. The van der Waals surface area contributed by atoms with Crippen molar-refractivity contribution in [1.82, 2.24) is 5.32 Å². The van der Waals surface area contributed by atoms with Gasteiger partial charge in [-0.05, 0) is 25.5 Å². The molecule has 0 heterocycles. The number of benzene rings is 1. The summed E-state index contributed by atoms with van der Waals surface area (Å²) in [4.78, 5) is 11.6. The summed E-state index contributed by atoms with van der Waals surface area (Å²) in [7, 11) is 0. The summed E-state index contributed by atoms with van der Waals surface area (Å²) in [5, 5.41) is 2.72. The van der Waals surface area contributed by atoms with Gasteiger partial charge in [0, 0.05) is 6.54 Å². The minimum atomic E-state index is -0.777. The van der Waals surface area contributed by atoms with Gasteiger partial charge in [0.2, 0.25) is 0 Å². The molecule has 0 aliphatic heterocycles. The van der Waals surface area contributed by atoms with Gasteiger partial charge in [-0.2, -0.15) is 0 Å². The standard InChI is InChI=1S/C13H19FN2O2/c1-3-4-8-16-13(17)9(2)18-12-10(14)6-5-7-11(12)15/h5-7,9H,3-4,8,15H2,1-2H3,(H,16,17). The van der Waals surface area contributed by atoms with Crippen molar-refractivity contribution in [1.29, 1.82) is 0 Å². The third kappa shape index (κ3) is 3.91. The molecule has 18 heavy (non-hydrogen) atoms. The Balaban J connectivity index is 2.58. The van der Waals surface area contributed by atoms with E-state index in [1.165, 1.54) is 18.2 Å². The summed E-state index contributed by atoms with van der Waals surface area (Å²) in [5.74, 6) is -0.912. The van der Waals surface area contributed by atoms with E-state index in [0.717, 1.165) is 12.8 Å². The van der Waals surface area contributed by atoms with Crippen molar-refractivity contribution in [3.8, 4) is 5.75 Å². The number of hydrogen-bond acceptors (Lipinski definition) is 3. The van der Waals surface area contributed by atoms with E-state index >= 15 is 0 Å². The van der Waals surface area contributed by atoms with Crippen LogP contribution in [-0.4, -0.2) is 18.6 Å². The van der Waals surface area contributed by atoms with Crippen molar-refractivity contribution < 1.29 is 13.9 Å². The Labute approximate surface area is 106 Å². The fraction of sp³-hybridized carbons (Fsp3) is 0.462. The van der Waals surface area contributed by atoms with E-state index in [1.54, 1.807) is 6.92 Å². The third-order valence-corrected chi connectivity index (χ3v) is 2.49. The van der Waals surface area contributed by atoms with E-state index in [-0.39, 0.29) is 17.3 Å². The molecule has 1 unspecified atom stereocenters. The van der Waals surface area contributed by atoms with Gasteiger partial charge in [-0.1, -0.05) is 19.4 Å². The van der Waals surface area contributed by atoms with Gasteiger partial charge in [0.1, 0.15) is 0 Å². The van der Waals surface area contributed by atoms with Crippen molar-refractivity contribution in [3.63, 3.8) is 0 Å². The summed E-state index contributed by atoms with van der Waals surface area (Å²) < 4.78 is 18.7. The molecule has 0 saturated heterocycles. The van der Waals surface area contributed by atoms with E-state index in [4.69, 9.17) is 10.5 Å². The second-order valence-corrected chi connectivity index (χ2v) is 4.06. The second-order valence-electron chi connectivity index (χ2n) is 4.06. The molecular weight excluding hydrogens is 235 g/mol. The van der Waals surface area contributed by atoms with Crippen molar-refractivity contribution in [2.75, 3.05) is 12.3 Å². The molecule has 0 spiro atoms. The number of nitrogen functional groups attached to an aromatic ring is 1. The van der Waals surface area contributed by atoms with Crippen molar-refractivity contribution in [3.05, 3.63) is 24.0 Å². The maximum atomic E-state index is 13.4. The third-order valence-electron chi connectivity index (χ3n) is 2.49. The van der Waals surface area contributed by atoms with E-state index in [0.29, 0.717) is 6.54 Å². The Hall–Kier alpha value is -1.78. The molecule has 0 aliphatic carbocycles. The molecule has 0 aliphatic rings. The number of amides is 1. The van der Waals surface area contributed by atoms with Crippen LogP contribution < -0.4 is 15.8 Å². The summed E-state index contributed by atoms with van der Waals surface area (Å²) in [6, 6.07) is 4.26. The lowest BCUT2D eigenvalue weighted by molar-refractivity contribution is -0.127. The molecule has 5 heteroatoms. The predicted molar refractivity (Wildman–Crippen MR) is 68.8 cm³/mol. The Morgan fingerprint density at radius 1 is 1.56 bits per heavy atom. The molecular formula is C13H19FN2O2. The monoisotopic (exact) mass is 254 g/mol. The molecule has 1 aromatic rings. The van der Waals surface area contributed by atoms with Crippen molar-refractivity contribution >= 4 is 11.6 Å². The highest BCUT2D eigenvalue weighted by Gasteiger charge is 2.17. The van der Waals surface area contributed by atoms with E-state index in [9.17, 15) is 9.18 Å². The van der Waals surface area contributed by atoms with Gasteiger partial charge in [0.15, 0.2) is 17.7 Å². The van der Waals surface area contributed by atoms with Crippen LogP contribution in [-0.2, 0) is 4.79 Å². The second kappa shape index (κ2) is 6.83. The number of carbonyl (C=O) groups is 1. The summed E-state index contributed by atoms with van der Waals surface area (Å²) in [6.07, 6.45) is 1.12. The average molecular weight is 254 g/mol. The number of rotatable bonds is 6. The van der Waals surface area contributed by atoms with Crippen LogP contribution in [0.5, 0.6) is 5.75 Å². The molecule has 0 bridgehead atoms. The number of anilines is 1. The van der Waals surface area contributed by atoms with E-state index < -0.39 is 11.9 Å². The van der Waals surface area contributed by atoms with Gasteiger partial charge in [-0.3, -0.25) is 4.79 Å². The molecule has 1 rings (SSSR count). The fourth-order valence-corrected chi connectivity index (χ4v) is 1.41. The molecule has 1 amide bonds. The van der Waals surface area contributed by atoms with Crippen LogP contribution in [0, 0.1) is 5.82 Å². The van der Waals surface area contributed by atoms with Crippen molar-refractivity contribution in [2.45, 2.75) is 32.8 Å². The molecule has 0 fully saturated rings. The van der Waals surface area contributed by atoms with Gasteiger partial charge < -0.3 is 15.8 Å². The molecule has 0 radical (unpaired) electrons. The molecule has 0 aromatic heterocycles. The zero-order valence-corrected chi connectivity index (χ0v) is 10.7. The van der Waals surface area contributed by atoms with Gasteiger partial charge in [-0.25, -0.2) is 4.39 Å². The predicted octanol–water partition coefficient (Wildman–Crippen LogP) is 2.09. The highest BCUT2D eigenvalue weighted by Crippen LogP contribution is 2.25. The molecule has 1 atom stereocenters. The highest BCUT2D eigenvalue weighted by molar-refractivity contribution is 5.80. The topological polar surface area (TPSA) is 64.3 Å². The number of nitrogens with two attached hydrogens (primary N) is 1. The van der Waals surface area contributed by atoms with E-state index in [1.807, 2.05) is 6.92 Å². The number of para-hydroxylation sites is 1. The largest absolute Gasteiger partial charge is 0.476 e. The normalized spacial score (nSPS) is 11.9. The first-order valence-corrected chi connectivity index (χ1v) is 6.04. The molecule has 1 aromatic carbocycles. The number of ether oxygens (including phenoxy) is 1. The first-order valence-electron chi connectivity index (χ1n) is 6.04. The maximum absolute atomic E-state index is 13.4. The average Bonchev–Trinajstić information content (AvgIpc) is 2.34.